The molecule has 0 aromatic heterocycles. The molecule has 98 valence electrons. The van der Waals surface area contributed by atoms with Crippen LogP contribution < -0.4 is 5.32 Å². The van der Waals surface area contributed by atoms with E-state index in [0.717, 1.165) is 0 Å². The van der Waals surface area contributed by atoms with Crippen molar-refractivity contribution >= 4 is 12.1 Å². The van der Waals surface area contributed by atoms with Gasteiger partial charge in [0.1, 0.15) is 5.60 Å². The van der Waals surface area contributed by atoms with Crippen LogP contribution in [0.2, 0.25) is 0 Å². The highest BCUT2D eigenvalue weighted by atomic mass is 16.6. The Hall–Kier alpha value is -1.30. The fourth-order valence-corrected chi connectivity index (χ4v) is 1.53. The van der Waals surface area contributed by atoms with E-state index in [-0.39, 0.29) is 19.3 Å². The van der Waals surface area contributed by atoms with Crippen LogP contribution >= 0.6 is 0 Å². The summed E-state index contributed by atoms with van der Waals surface area (Å²) in [6, 6.07) is 0. The normalized spacial score (nSPS) is 24.4. The van der Waals surface area contributed by atoms with Crippen molar-refractivity contribution in [2.45, 2.75) is 38.9 Å². The number of carbonyl (C=O) groups is 2. The highest BCUT2D eigenvalue weighted by molar-refractivity contribution is 5.70. The Balaban J connectivity index is 2.24. The van der Waals surface area contributed by atoms with Gasteiger partial charge < -0.3 is 19.9 Å². The van der Waals surface area contributed by atoms with Crippen molar-refractivity contribution in [3.8, 4) is 0 Å². The number of carbonyl (C=O) groups excluding carboxylic acids is 1. The SMILES string of the molecule is CC(C)(C)OC(=O)NCC1CC(C(=O)O)CO1. The predicted octanol–water partition coefficient (Wildman–Crippen LogP) is 1.00. The number of amides is 1. The van der Waals surface area contributed by atoms with Crippen LogP contribution in [-0.2, 0) is 14.3 Å². The van der Waals surface area contributed by atoms with Crippen molar-refractivity contribution in [2.24, 2.45) is 5.92 Å². The van der Waals surface area contributed by atoms with Crippen LogP contribution in [0.4, 0.5) is 4.79 Å². The van der Waals surface area contributed by atoms with Crippen molar-refractivity contribution in [3.05, 3.63) is 0 Å². The maximum atomic E-state index is 11.3. The van der Waals surface area contributed by atoms with Gasteiger partial charge in [-0.15, -0.1) is 0 Å². The fourth-order valence-electron chi connectivity index (χ4n) is 1.53. The van der Waals surface area contributed by atoms with Crippen molar-refractivity contribution in [1.29, 1.82) is 0 Å². The zero-order valence-corrected chi connectivity index (χ0v) is 10.4. The highest BCUT2D eigenvalue weighted by Gasteiger charge is 2.31. The summed E-state index contributed by atoms with van der Waals surface area (Å²) in [6.45, 7) is 5.81. The molecule has 1 aliphatic rings. The summed E-state index contributed by atoms with van der Waals surface area (Å²) in [7, 11) is 0. The molecule has 1 fully saturated rings. The number of hydrogen-bond acceptors (Lipinski definition) is 4. The number of alkyl carbamates (subject to hydrolysis) is 1. The maximum Gasteiger partial charge on any atom is 0.407 e. The number of carboxylic acid groups (broad SMARTS) is 1. The molecule has 2 N–H and O–H groups in total. The first-order chi connectivity index (χ1) is 7.78. The van der Waals surface area contributed by atoms with E-state index < -0.39 is 23.6 Å². The van der Waals surface area contributed by atoms with Crippen LogP contribution in [0.15, 0.2) is 0 Å². The molecule has 1 amide bonds. The Morgan fingerprint density at radius 3 is 2.59 bits per heavy atom. The van der Waals surface area contributed by atoms with Crippen molar-refractivity contribution in [3.63, 3.8) is 0 Å². The molecule has 2 atom stereocenters. The summed E-state index contributed by atoms with van der Waals surface area (Å²) < 4.78 is 10.3. The molecule has 1 rings (SSSR count). The molecule has 6 heteroatoms. The largest absolute Gasteiger partial charge is 0.481 e. The number of nitrogens with one attached hydrogen (secondary N) is 1. The van der Waals surface area contributed by atoms with Crippen molar-refractivity contribution < 1.29 is 24.2 Å². The summed E-state index contributed by atoms with van der Waals surface area (Å²) in [4.78, 5) is 22.0. The van der Waals surface area contributed by atoms with Gasteiger partial charge in [0.2, 0.25) is 0 Å². The average Bonchev–Trinajstić information content (AvgIpc) is 2.60. The van der Waals surface area contributed by atoms with E-state index in [1.807, 2.05) is 0 Å². The van der Waals surface area contributed by atoms with Crippen LogP contribution in [0.5, 0.6) is 0 Å². The second kappa shape index (κ2) is 5.35. The molecular weight excluding hydrogens is 226 g/mol. The molecule has 0 bridgehead atoms. The number of carboxylic acids is 1. The van der Waals surface area contributed by atoms with E-state index >= 15 is 0 Å². The molecule has 6 nitrogen and oxygen atoms in total. The minimum absolute atomic E-state index is 0.204. The Morgan fingerprint density at radius 1 is 1.47 bits per heavy atom. The smallest absolute Gasteiger partial charge is 0.407 e. The molecule has 1 heterocycles. The molecule has 0 aliphatic carbocycles. The lowest BCUT2D eigenvalue weighted by Crippen LogP contribution is -2.36. The minimum Gasteiger partial charge on any atom is -0.481 e. The fraction of sp³-hybridized carbons (Fsp3) is 0.818. The summed E-state index contributed by atoms with van der Waals surface area (Å²) in [5.74, 6) is -1.33. The summed E-state index contributed by atoms with van der Waals surface area (Å²) in [5.41, 5.74) is -0.537. The van der Waals surface area contributed by atoms with E-state index in [1.54, 1.807) is 20.8 Å². The quantitative estimate of drug-likeness (QED) is 0.774. The Morgan fingerprint density at radius 2 is 2.12 bits per heavy atom. The average molecular weight is 245 g/mol. The van der Waals surface area contributed by atoms with Gasteiger partial charge >= 0.3 is 12.1 Å². The van der Waals surface area contributed by atoms with E-state index in [4.69, 9.17) is 14.6 Å². The molecule has 1 aliphatic heterocycles. The monoisotopic (exact) mass is 245 g/mol. The third-order valence-corrected chi connectivity index (χ3v) is 2.30. The lowest BCUT2D eigenvalue weighted by molar-refractivity contribution is -0.141. The molecule has 2 unspecified atom stereocenters. The highest BCUT2D eigenvalue weighted by Crippen LogP contribution is 2.19. The van der Waals surface area contributed by atoms with Gasteiger partial charge in [-0.2, -0.15) is 0 Å². The Kier molecular flexibility index (Phi) is 4.34. The molecule has 17 heavy (non-hydrogen) atoms. The summed E-state index contributed by atoms with van der Waals surface area (Å²) >= 11 is 0. The standard InChI is InChI=1S/C11H19NO5/c1-11(2,3)17-10(15)12-5-8-4-7(6-16-8)9(13)14/h7-8H,4-6H2,1-3H3,(H,12,15)(H,13,14). The third kappa shape index (κ3) is 5.04. The lowest BCUT2D eigenvalue weighted by Gasteiger charge is -2.20. The second-order valence-electron chi connectivity index (χ2n) is 5.11. The zero-order valence-electron chi connectivity index (χ0n) is 10.4. The molecule has 0 saturated carbocycles. The first-order valence-electron chi connectivity index (χ1n) is 5.59. The van der Waals surface area contributed by atoms with Crippen LogP contribution in [0.3, 0.4) is 0 Å². The maximum absolute atomic E-state index is 11.3. The Labute approximate surface area is 100 Å². The predicted molar refractivity (Wildman–Crippen MR) is 59.7 cm³/mol. The van der Waals surface area contributed by atoms with Gasteiger partial charge in [0.15, 0.2) is 0 Å². The van der Waals surface area contributed by atoms with Crippen LogP contribution in [0.1, 0.15) is 27.2 Å². The molecule has 0 aromatic carbocycles. The molecule has 1 saturated heterocycles. The van der Waals surface area contributed by atoms with Crippen LogP contribution in [-0.4, -0.2) is 42.0 Å². The first-order valence-corrected chi connectivity index (χ1v) is 5.59. The molecule has 0 radical (unpaired) electrons. The first kappa shape index (κ1) is 13.8. The summed E-state index contributed by atoms with van der Waals surface area (Å²) in [5, 5.41) is 11.3. The van der Waals surface area contributed by atoms with Gasteiger partial charge in [0.25, 0.3) is 0 Å². The minimum atomic E-state index is -0.857. The van der Waals surface area contributed by atoms with Gasteiger partial charge in [-0.3, -0.25) is 4.79 Å². The van der Waals surface area contributed by atoms with Gasteiger partial charge in [-0.25, -0.2) is 4.79 Å². The van der Waals surface area contributed by atoms with Crippen LogP contribution in [0, 0.1) is 5.92 Å². The van der Waals surface area contributed by atoms with Gasteiger partial charge in [0, 0.05) is 6.54 Å². The van der Waals surface area contributed by atoms with E-state index in [1.165, 1.54) is 0 Å². The number of aliphatic carboxylic acids is 1. The number of hydrogen-bond donors (Lipinski definition) is 2. The zero-order chi connectivity index (χ0) is 13.1. The topological polar surface area (TPSA) is 84.9 Å². The molecule has 0 spiro atoms. The molecular formula is C11H19NO5. The third-order valence-electron chi connectivity index (χ3n) is 2.30. The van der Waals surface area contributed by atoms with E-state index in [0.29, 0.717) is 6.42 Å². The van der Waals surface area contributed by atoms with E-state index in [2.05, 4.69) is 5.32 Å². The van der Waals surface area contributed by atoms with Gasteiger partial charge in [-0.05, 0) is 27.2 Å². The number of ether oxygens (including phenoxy) is 2. The lowest BCUT2D eigenvalue weighted by atomic mass is 10.1. The molecule has 0 aromatic rings. The van der Waals surface area contributed by atoms with Crippen molar-refractivity contribution in [2.75, 3.05) is 13.2 Å². The van der Waals surface area contributed by atoms with E-state index in [9.17, 15) is 9.59 Å². The van der Waals surface area contributed by atoms with Crippen molar-refractivity contribution in [1.82, 2.24) is 5.32 Å². The second-order valence-corrected chi connectivity index (χ2v) is 5.11. The van der Waals surface area contributed by atoms with Gasteiger partial charge in [-0.1, -0.05) is 0 Å². The van der Waals surface area contributed by atoms with Gasteiger partial charge in [0.05, 0.1) is 18.6 Å². The summed E-state index contributed by atoms with van der Waals surface area (Å²) in [6.07, 6.45) is -0.339. The Bertz CT molecular complexity index is 297. The number of rotatable bonds is 3. The van der Waals surface area contributed by atoms with Crippen LogP contribution in [0.25, 0.3) is 0 Å².